The van der Waals surface area contributed by atoms with Gasteiger partial charge in [-0.15, -0.1) is 0 Å². The van der Waals surface area contributed by atoms with Crippen LogP contribution in [0.2, 0.25) is 0 Å². The summed E-state index contributed by atoms with van der Waals surface area (Å²) in [5.74, 6) is 1.00. The van der Waals surface area contributed by atoms with Gasteiger partial charge in [0.1, 0.15) is 0 Å². The van der Waals surface area contributed by atoms with E-state index in [0.717, 1.165) is 18.4 Å². The number of ether oxygens (including phenoxy) is 1. The van der Waals surface area contributed by atoms with Crippen LogP contribution in [-0.4, -0.2) is 32.3 Å². The zero-order valence-corrected chi connectivity index (χ0v) is 16.4. The van der Waals surface area contributed by atoms with Crippen molar-refractivity contribution in [3.05, 3.63) is 41.5 Å². The van der Waals surface area contributed by atoms with Crippen LogP contribution in [0.1, 0.15) is 49.9 Å². The highest BCUT2D eigenvalue weighted by Gasteiger charge is 2.52. The number of hydrogen-bond acceptors (Lipinski definition) is 6. The number of aromatic nitrogens is 2. The number of aryl methyl sites for hydroxylation is 1. The molecule has 1 heterocycles. The number of nitrogens with zero attached hydrogens (tertiary/aromatic N) is 2. The lowest BCUT2D eigenvalue weighted by molar-refractivity contribution is 0.158. The van der Waals surface area contributed by atoms with E-state index >= 15 is 0 Å². The quantitative estimate of drug-likeness (QED) is 0.734. The molecule has 0 spiro atoms. The van der Waals surface area contributed by atoms with Crippen molar-refractivity contribution in [3.8, 4) is 0 Å². The number of rotatable bonds is 7. The van der Waals surface area contributed by atoms with Gasteiger partial charge in [-0.1, -0.05) is 42.6 Å². The van der Waals surface area contributed by atoms with Gasteiger partial charge >= 0.3 is 0 Å². The summed E-state index contributed by atoms with van der Waals surface area (Å²) in [4.78, 5) is 4.80. The minimum Gasteiger partial charge on any atom is -0.384 e. The van der Waals surface area contributed by atoms with Crippen LogP contribution in [-0.2, 0) is 25.7 Å². The molecule has 1 saturated carbocycles. The fourth-order valence-corrected chi connectivity index (χ4v) is 5.75. The summed E-state index contributed by atoms with van der Waals surface area (Å²) in [5, 5.41) is 4.04. The minimum atomic E-state index is -3.62. The molecule has 142 valence electrons. The molecular formula is C19H26N2O4S. The van der Waals surface area contributed by atoms with Gasteiger partial charge in [0.05, 0.1) is 4.90 Å². The van der Waals surface area contributed by atoms with Gasteiger partial charge in [0.25, 0.3) is 0 Å². The maximum absolute atomic E-state index is 13.5. The van der Waals surface area contributed by atoms with Gasteiger partial charge in [-0.2, -0.15) is 4.98 Å². The first kappa shape index (κ1) is 19.0. The fraction of sp³-hybridized carbons (Fsp3) is 0.579. The molecule has 0 N–H and O–H groups in total. The van der Waals surface area contributed by atoms with E-state index in [1.165, 1.54) is 0 Å². The first-order valence-corrected chi connectivity index (χ1v) is 10.5. The lowest BCUT2D eigenvalue weighted by atomic mass is 10.1. The molecule has 1 fully saturated rings. The summed E-state index contributed by atoms with van der Waals surface area (Å²) in [6.07, 6.45) is 3.29. The van der Waals surface area contributed by atoms with E-state index in [9.17, 15) is 8.42 Å². The molecular weight excluding hydrogens is 352 g/mol. The van der Waals surface area contributed by atoms with Crippen molar-refractivity contribution in [1.82, 2.24) is 10.1 Å². The number of hydrogen-bond donors (Lipinski definition) is 0. The summed E-state index contributed by atoms with van der Waals surface area (Å²) in [6.45, 7) is 4.57. The van der Waals surface area contributed by atoms with E-state index in [-0.39, 0.29) is 11.8 Å². The van der Waals surface area contributed by atoms with Crippen LogP contribution < -0.4 is 0 Å². The van der Waals surface area contributed by atoms with Crippen molar-refractivity contribution < 1.29 is 17.7 Å². The molecule has 0 amide bonds. The molecule has 2 aromatic rings. The van der Waals surface area contributed by atoms with E-state index in [1.54, 1.807) is 19.2 Å². The topological polar surface area (TPSA) is 82.3 Å². The Morgan fingerprint density at radius 2 is 1.88 bits per heavy atom. The smallest absolute Gasteiger partial charge is 0.248 e. The zero-order chi connectivity index (χ0) is 18.8. The Labute approximate surface area is 154 Å². The van der Waals surface area contributed by atoms with E-state index in [2.05, 4.69) is 10.1 Å². The molecule has 0 aliphatic heterocycles. The second kappa shape index (κ2) is 7.48. The van der Waals surface area contributed by atoms with Crippen LogP contribution in [0, 0.1) is 12.8 Å². The van der Waals surface area contributed by atoms with E-state index in [4.69, 9.17) is 9.26 Å². The third-order valence-corrected chi connectivity index (χ3v) is 7.60. The van der Waals surface area contributed by atoms with E-state index in [0.29, 0.717) is 36.6 Å². The second-order valence-electron chi connectivity index (χ2n) is 7.30. The Bertz CT molecular complexity index is 837. The third kappa shape index (κ3) is 3.42. The van der Waals surface area contributed by atoms with Gasteiger partial charge in [0, 0.05) is 20.1 Å². The number of methoxy groups -OCH3 is 1. The van der Waals surface area contributed by atoms with Crippen molar-refractivity contribution in [2.24, 2.45) is 5.92 Å². The van der Waals surface area contributed by atoms with E-state index < -0.39 is 14.6 Å². The molecule has 1 atom stereocenters. The molecule has 6 nitrogen and oxygen atoms in total. The van der Waals surface area contributed by atoms with Gasteiger partial charge in [0.15, 0.2) is 20.4 Å². The van der Waals surface area contributed by atoms with Crippen LogP contribution in [0.25, 0.3) is 0 Å². The highest BCUT2D eigenvalue weighted by molar-refractivity contribution is 7.92. The van der Waals surface area contributed by atoms with Crippen molar-refractivity contribution >= 4 is 9.84 Å². The fourth-order valence-electron chi connectivity index (χ4n) is 3.66. The molecule has 3 rings (SSSR count). The van der Waals surface area contributed by atoms with Gasteiger partial charge in [0.2, 0.25) is 5.89 Å². The molecule has 0 saturated heterocycles. The number of benzene rings is 1. The molecule has 0 bridgehead atoms. The Morgan fingerprint density at radius 1 is 1.23 bits per heavy atom. The Hall–Kier alpha value is -1.73. The normalized spacial score (nSPS) is 18.1. The van der Waals surface area contributed by atoms with Gasteiger partial charge in [-0.05, 0) is 37.8 Å². The van der Waals surface area contributed by atoms with Crippen molar-refractivity contribution in [1.29, 1.82) is 0 Å². The Kier molecular flexibility index (Phi) is 5.48. The standard InChI is InChI=1S/C19H26N2O4S/c1-14-6-8-16(9-7-14)26(22,23)19(10-4-5-11-19)18-20-17(21-25-18)12-15(2)13-24-3/h6-9,15H,4-5,10-13H2,1-3H3. The average Bonchev–Trinajstić information content (AvgIpc) is 3.25. The van der Waals surface area contributed by atoms with Crippen LogP contribution >= 0.6 is 0 Å². The maximum atomic E-state index is 13.5. The van der Waals surface area contributed by atoms with Crippen molar-refractivity contribution in [2.45, 2.75) is 55.6 Å². The minimum absolute atomic E-state index is 0.232. The van der Waals surface area contributed by atoms with Crippen LogP contribution in [0.4, 0.5) is 0 Å². The summed E-state index contributed by atoms with van der Waals surface area (Å²) in [6, 6.07) is 6.98. The highest BCUT2D eigenvalue weighted by atomic mass is 32.2. The number of sulfone groups is 1. The van der Waals surface area contributed by atoms with Crippen molar-refractivity contribution in [2.75, 3.05) is 13.7 Å². The molecule has 1 aromatic heterocycles. The Balaban J connectivity index is 1.96. The summed E-state index contributed by atoms with van der Waals surface area (Å²) in [5.41, 5.74) is 1.02. The first-order chi connectivity index (χ1) is 12.4. The first-order valence-electron chi connectivity index (χ1n) is 9.02. The molecule has 1 aliphatic carbocycles. The van der Waals surface area contributed by atoms with Crippen molar-refractivity contribution in [3.63, 3.8) is 0 Å². The molecule has 26 heavy (non-hydrogen) atoms. The average molecular weight is 378 g/mol. The monoisotopic (exact) mass is 378 g/mol. The Morgan fingerprint density at radius 3 is 2.50 bits per heavy atom. The highest BCUT2D eigenvalue weighted by Crippen LogP contribution is 2.47. The summed E-state index contributed by atoms with van der Waals surface area (Å²) in [7, 11) is -1.96. The molecule has 7 heteroatoms. The largest absolute Gasteiger partial charge is 0.384 e. The van der Waals surface area contributed by atoms with Crippen LogP contribution in [0.5, 0.6) is 0 Å². The van der Waals surface area contributed by atoms with Gasteiger partial charge < -0.3 is 9.26 Å². The van der Waals surface area contributed by atoms with Crippen LogP contribution in [0.3, 0.4) is 0 Å². The lowest BCUT2D eigenvalue weighted by Gasteiger charge is -2.24. The van der Waals surface area contributed by atoms with Gasteiger partial charge in [-0.3, -0.25) is 0 Å². The van der Waals surface area contributed by atoms with Crippen LogP contribution in [0.15, 0.2) is 33.7 Å². The van der Waals surface area contributed by atoms with E-state index in [1.807, 2.05) is 26.0 Å². The second-order valence-corrected chi connectivity index (χ2v) is 9.56. The molecule has 0 radical (unpaired) electrons. The molecule has 1 aromatic carbocycles. The predicted molar refractivity (Wildman–Crippen MR) is 97.6 cm³/mol. The third-order valence-electron chi connectivity index (χ3n) is 5.10. The SMILES string of the molecule is COCC(C)Cc1noc(C2(S(=O)(=O)c3ccc(C)cc3)CCCC2)n1. The van der Waals surface area contributed by atoms with Gasteiger partial charge in [-0.25, -0.2) is 8.42 Å². The maximum Gasteiger partial charge on any atom is 0.248 e. The zero-order valence-electron chi connectivity index (χ0n) is 15.6. The molecule has 1 unspecified atom stereocenters. The predicted octanol–water partition coefficient (Wildman–Crippen LogP) is 3.45. The summed E-state index contributed by atoms with van der Waals surface area (Å²) < 4.78 is 36.4. The lowest BCUT2D eigenvalue weighted by Crippen LogP contribution is -2.33. The molecule has 1 aliphatic rings. The summed E-state index contributed by atoms with van der Waals surface area (Å²) >= 11 is 0.